The van der Waals surface area contributed by atoms with Gasteiger partial charge in [0.2, 0.25) is 0 Å². The fourth-order valence-electron chi connectivity index (χ4n) is 3.54. The van der Waals surface area contributed by atoms with Crippen LogP contribution in [0.15, 0.2) is 24.4 Å². The first-order valence-electron chi connectivity index (χ1n) is 9.38. The lowest BCUT2D eigenvalue weighted by molar-refractivity contribution is 0.0924. The van der Waals surface area contributed by atoms with Gasteiger partial charge in [-0.25, -0.2) is 13.6 Å². The van der Waals surface area contributed by atoms with E-state index in [0.717, 1.165) is 18.6 Å². The first kappa shape index (κ1) is 19.3. The van der Waals surface area contributed by atoms with E-state index in [1.165, 1.54) is 17.2 Å². The summed E-state index contributed by atoms with van der Waals surface area (Å²) in [5.74, 6) is -2.28. The van der Waals surface area contributed by atoms with Crippen LogP contribution < -0.4 is 10.6 Å². The van der Waals surface area contributed by atoms with Crippen LogP contribution in [0.2, 0.25) is 0 Å². The summed E-state index contributed by atoms with van der Waals surface area (Å²) in [4.78, 5) is 26.9. The third-order valence-electron chi connectivity index (χ3n) is 5.18. The van der Waals surface area contributed by atoms with Gasteiger partial charge in [0, 0.05) is 18.4 Å². The fraction of sp³-hybridized carbons (Fsp3) is 0.421. The van der Waals surface area contributed by atoms with Crippen molar-refractivity contribution in [3.8, 4) is 0 Å². The number of nitrogens with one attached hydrogen (secondary N) is 2. The molecule has 0 radical (unpaired) electrons. The monoisotopic (exact) mass is 405 g/mol. The Kier molecular flexibility index (Phi) is 5.18. The molecule has 1 fully saturated rings. The van der Waals surface area contributed by atoms with E-state index in [4.69, 9.17) is 4.74 Å². The molecule has 3 amide bonds. The van der Waals surface area contributed by atoms with E-state index in [0.29, 0.717) is 31.0 Å². The zero-order valence-corrected chi connectivity index (χ0v) is 15.8. The zero-order chi connectivity index (χ0) is 20.5. The lowest BCUT2D eigenvalue weighted by atomic mass is 10.1. The van der Waals surface area contributed by atoms with Crippen LogP contribution in [0.1, 0.15) is 29.4 Å². The molecule has 154 valence electrons. The summed E-state index contributed by atoms with van der Waals surface area (Å²) in [5, 5.41) is 9.78. The van der Waals surface area contributed by atoms with Gasteiger partial charge < -0.3 is 20.3 Å². The van der Waals surface area contributed by atoms with Gasteiger partial charge in [0.25, 0.3) is 5.91 Å². The number of hydrogen-bond donors (Lipinski definition) is 2. The number of halogens is 2. The molecule has 1 saturated heterocycles. The highest BCUT2D eigenvalue weighted by Gasteiger charge is 2.32. The van der Waals surface area contributed by atoms with Gasteiger partial charge in [0.1, 0.15) is 0 Å². The normalized spacial score (nSPS) is 21.0. The number of hydrogen-bond acceptors (Lipinski definition) is 4. The Balaban J connectivity index is 1.49. The summed E-state index contributed by atoms with van der Waals surface area (Å²) in [6, 6.07) is 2.47. The molecule has 1 unspecified atom stereocenters. The third-order valence-corrected chi connectivity index (χ3v) is 5.18. The Morgan fingerprint density at radius 1 is 1.28 bits per heavy atom. The average Bonchev–Trinajstić information content (AvgIpc) is 3.33. The molecule has 0 spiro atoms. The van der Waals surface area contributed by atoms with Crippen LogP contribution in [-0.4, -0.2) is 51.9 Å². The molecule has 2 atom stereocenters. The lowest BCUT2D eigenvalue weighted by Crippen LogP contribution is -2.47. The van der Waals surface area contributed by atoms with Crippen molar-refractivity contribution in [2.75, 3.05) is 18.5 Å². The molecule has 8 nitrogen and oxygen atoms in total. The fourth-order valence-corrected chi connectivity index (χ4v) is 3.54. The number of aromatic nitrogens is 2. The molecule has 0 saturated carbocycles. The number of amides is 3. The van der Waals surface area contributed by atoms with Crippen molar-refractivity contribution in [1.29, 1.82) is 0 Å². The molecular formula is C19H21F2N5O3. The second-order valence-electron chi connectivity index (χ2n) is 7.26. The maximum absolute atomic E-state index is 13.4. The molecule has 1 aromatic carbocycles. The summed E-state index contributed by atoms with van der Waals surface area (Å²) >= 11 is 0. The number of benzene rings is 1. The molecule has 29 heavy (non-hydrogen) atoms. The Morgan fingerprint density at radius 3 is 2.83 bits per heavy atom. The molecule has 2 aliphatic heterocycles. The van der Waals surface area contributed by atoms with Gasteiger partial charge in [0.15, 0.2) is 11.6 Å². The number of rotatable bonds is 3. The molecular weight excluding hydrogens is 384 g/mol. The van der Waals surface area contributed by atoms with Crippen molar-refractivity contribution in [2.45, 2.75) is 38.5 Å². The van der Waals surface area contributed by atoms with Gasteiger partial charge in [-0.05, 0) is 25.5 Å². The van der Waals surface area contributed by atoms with Gasteiger partial charge in [-0.2, -0.15) is 5.10 Å². The van der Waals surface area contributed by atoms with Crippen LogP contribution in [0.5, 0.6) is 0 Å². The maximum atomic E-state index is 13.4. The minimum Gasteiger partial charge on any atom is -0.379 e. The summed E-state index contributed by atoms with van der Waals surface area (Å²) in [5.41, 5.74) is 1.19. The predicted octanol–water partition coefficient (Wildman–Crippen LogP) is 2.12. The van der Waals surface area contributed by atoms with Crippen molar-refractivity contribution >= 4 is 17.6 Å². The lowest BCUT2D eigenvalue weighted by Gasteiger charge is -2.34. The number of fused-ring (bicyclic) bond motifs is 1. The number of ether oxygens (including phenoxy) is 1. The Hall–Kier alpha value is -3.01. The highest BCUT2D eigenvalue weighted by atomic mass is 19.2. The van der Waals surface area contributed by atoms with Crippen molar-refractivity contribution in [3.63, 3.8) is 0 Å². The summed E-state index contributed by atoms with van der Waals surface area (Å²) in [6.45, 7) is 3.54. The predicted molar refractivity (Wildman–Crippen MR) is 99.3 cm³/mol. The van der Waals surface area contributed by atoms with Crippen molar-refractivity contribution in [2.24, 2.45) is 0 Å². The van der Waals surface area contributed by atoms with Crippen LogP contribution in [0, 0.1) is 11.6 Å². The van der Waals surface area contributed by atoms with Gasteiger partial charge in [0.05, 0.1) is 49.2 Å². The molecule has 2 aromatic rings. The number of anilines is 1. The van der Waals surface area contributed by atoms with E-state index in [1.807, 2.05) is 6.92 Å². The highest BCUT2D eigenvalue weighted by Crippen LogP contribution is 2.22. The third kappa shape index (κ3) is 3.93. The van der Waals surface area contributed by atoms with E-state index in [1.54, 1.807) is 4.68 Å². The average molecular weight is 405 g/mol. The minimum absolute atomic E-state index is 0.0339. The molecule has 4 rings (SSSR count). The van der Waals surface area contributed by atoms with E-state index in [2.05, 4.69) is 15.7 Å². The van der Waals surface area contributed by atoms with Crippen LogP contribution in [0.4, 0.5) is 19.3 Å². The van der Waals surface area contributed by atoms with Crippen LogP contribution >= 0.6 is 0 Å². The molecule has 10 heteroatoms. The zero-order valence-electron chi connectivity index (χ0n) is 15.8. The molecule has 0 aliphatic carbocycles. The van der Waals surface area contributed by atoms with Crippen molar-refractivity contribution < 1.29 is 23.1 Å². The number of nitrogens with zero attached hydrogens (tertiary/aromatic N) is 3. The number of carbonyl (C=O) groups is 2. The summed E-state index contributed by atoms with van der Waals surface area (Å²) in [6.07, 6.45) is 2.26. The van der Waals surface area contributed by atoms with E-state index in [-0.39, 0.29) is 30.2 Å². The van der Waals surface area contributed by atoms with Crippen LogP contribution in [0.25, 0.3) is 0 Å². The van der Waals surface area contributed by atoms with Gasteiger partial charge >= 0.3 is 6.03 Å². The van der Waals surface area contributed by atoms with Crippen LogP contribution in [-0.2, 0) is 17.8 Å². The Labute approximate surface area is 165 Å². The molecule has 2 N–H and O–H groups in total. The summed E-state index contributed by atoms with van der Waals surface area (Å²) in [7, 11) is 0. The second-order valence-corrected chi connectivity index (χ2v) is 7.26. The standard InChI is InChI=1S/C19H21F2N5O3/c1-11-8-26-17(14(7-22-26)18(27)23-13-4-5-29-10-13)9-25(11)19(28)24-12-2-3-15(20)16(21)6-12/h2-3,6-7,11,13H,4-5,8-10H2,1H3,(H,23,27)(H,24,28)/t11-,13?/m0/s1. The number of carbonyl (C=O) groups excluding carboxylic acids is 2. The summed E-state index contributed by atoms with van der Waals surface area (Å²) < 4.78 is 33.5. The SMILES string of the molecule is C[C@H]1Cn2ncc(C(=O)NC3CCOC3)c2CN1C(=O)Nc1ccc(F)c(F)c1. The first-order valence-corrected chi connectivity index (χ1v) is 9.38. The second kappa shape index (κ2) is 7.78. The van der Waals surface area contributed by atoms with Crippen molar-refractivity contribution in [1.82, 2.24) is 20.0 Å². The first-order chi connectivity index (χ1) is 13.9. The Morgan fingerprint density at radius 2 is 2.10 bits per heavy atom. The molecule has 0 bridgehead atoms. The molecule has 1 aromatic heterocycles. The van der Waals surface area contributed by atoms with E-state index >= 15 is 0 Å². The van der Waals surface area contributed by atoms with Crippen molar-refractivity contribution in [3.05, 3.63) is 47.3 Å². The smallest absolute Gasteiger partial charge is 0.322 e. The van der Waals surface area contributed by atoms with Gasteiger partial charge in [-0.15, -0.1) is 0 Å². The highest BCUT2D eigenvalue weighted by molar-refractivity contribution is 5.96. The molecule has 3 heterocycles. The van der Waals surface area contributed by atoms with E-state index < -0.39 is 17.7 Å². The van der Waals surface area contributed by atoms with Crippen LogP contribution in [0.3, 0.4) is 0 Å². The maximum Gasteiger partial charge on any atom is 0.322 e. The minimum atomic E-state index is -1.04. The van der Waals surface area contributed by atoms with E-state index in [9.17, 15) is 18.4 Å². The Bertz CT molecular complexity index is 942. The topological polar surface area (TPSA) is 88.5 Å². The molecule has 2 aliphatic rings. The number of urea groups is 1. The quantitative estimate of drug-likeness (QED) is 0.819. The van der Waals surface area contributed by atoms with Gasteiger partial charge in [-0.1, -0.05) is 0 Å². The van der Waals surface area contributed by atoms with Gasteiger partial charge in [-0.3, -0.25) is 9.48 Å². The largest absolute Gasteiger partial charge is 0.379 e.